The van der Waals surface area contributed by atoms with Crippen LogP contribution in [0.5, 0.6) is 11.5 Å². The van der Waals surface area contributed by atoms with Gasteiger partial charge in [-0.3, -0.25) is 14.9 Å². The van der Waals surface area contributed by atoms with Crippen LogP contribution in [0, 0.1) is 28.7 Å². The van der Waals surface area contributed by atoms with E-state index in [1.165, 1.54) is 18.2 Å². The van der Waals surface area contributed by atoms with Gasteiger partial charge in [0.25, 0.3) is 5.69 Å². The third kappa shape index (κ3) is 5.90. The molecule has 7 nitrogen and oxygen atoms in total. The summed E-state index contributed by atoms with van der Waals surface area (Å²) in [4.78, 5) is 24.5. The number of nitrogens with one attached hydrogen (secondary N) is 1. The molecule has 9 heteroatoms. The van der Waals surface area contributed by atoms with Crippen molar-refractivity contribution in [2.24, 2.45) is 0 Å². The van der Waals surface area contributed by atoms with Gasteiger partial charge in [-0.15, -0.1) is 0 Å². The molecular formula is C28H22F2N2O5. The molecule has 0 heterocycles. The maximum Gasteiger partial charge on any atom is 0.282 e. The molecule has 0 aliphatic heterocycles. The molecule has 0 amide bonds. The normalized spacial score (nSPS) is 10.6. The number of carbonyl (C=O) groups excluding carboxylic acids is 1. The number of nitro groups is 1. The van der Waals surface area contributed by atoms with E-state index >= 15 is 0 Å². The van der Waals surface area contributed by atoms with Crippen molar-refractivity contribution in [3.05, 3.63) is 123 Å². The molecule has 0 unspecified atom stereocenters. The highest BCUT2D eigenvalue weighted by atomic mass is 19.1. The van der Waals surface area contributed by atoms with Crippen LogP contribution in [0.4, 0.5) is 25.8 Å². The average molecular weight is 504 g/mol. The maximum absolute atomic E-state index is 14.0. The molecule has 1 N–H and O–H groups in total. The Labute approximate surface area is 211 Å². The summed E-state index contributed by atoms with van der Waals surface area (Å²) in [6, 6.07) is 19.1. The van der Waals surface area contributed by atoms with Crippen molar-refractivity contribution in [3.63, 3.8) is 0 Å². The zero-order valence-corrected chi connectivity index (χ0v) is 20.0. The summed E-state index contributed by atoms with van der Waals surface area (Å²) in [5.74, 6) is -1.01. The molecule has 0 aliphatic rings. The summed E-state index contributed by atoms with van der Waals surface area (Å²) in [5, 5.41) is 14.5. The van der Waals surface area contributed by atoms with E-state index in [1.807, 2.05) is 24.3 Å². The molecule has 37 heavy (non-hydrogen) atoms. The zero-order valence-electron chi connectivity index (χ0n) is 20.0. The Balaban J connectivity index is 1.58. The standard InChI is InChI=1S/C28H22F2N2O5/c1-17-3-8-22(37-16-18-4-9-21(36-2)10-5-18)15-24(17)28(33)23-11-7-20(14-27(23)32(34)35)31-26-12-6-19(29)13-25(26)30/h3-15,31H,16H2,1-2H3. The fourth-order valence-corrected chi connectivity index (χ4v) is 3.67. The second-order valence-corrected chi connectivity index (χ2v) is 8.18. The van der Waals surface area contributed by atoms with Crippen LogP contribution >= 0.6 is 0 Å². The van der Waals surface area contributed by atoms with Crippen molar-refractivity contribution in [2.45, 2.75) is 13.5 Å². The first kappa shape index (κ1) is 25.3. The van der Waals surface area contributed by atoms with Gasteiger partial charge in [-0.1, -0.05) is 18.2 Å². The van der Waals surface area contributed by atoms with Crippen molar-refractivity contribution in [1.82, 2.24) is 0 Å². The van der Waals surface area contributed by atoms with E-state index in [4.69, 9.17) is 9.47 Å². The van der Waals surface area contributed by atoms with Gasteiger partial charge in [0.15, 0.2) is 5.78 Å². The highest BCUT2D eigenvalue weighted by molar-refractivity contribution is 6.12. The van der Waals surface area contributed by atoms with Gasteiger partial charge in [-0.05, 0) is 66.6 Å². The summed E-state index contributed by atoms with van der Waals surface area (Å²) < 4.78 is 38.2. The number of hydrogen-bond acceptors (Lipinski definition) is 6. The quantitative estimate of drug-likeness (QED) is 0.154. The number of ether oxygens (including phenoxy) is 2. The second-order valence-electron chi connectivity index (χ2n) is 8.18. The summed E-state index contributed by atoms with van der Waals surface area (Å²) in [5.41, 5.74) is 1.28. The van der Waals surface area contributed by atoms with Crippen LogP contribution in [-0.2, 0) is 6.61 Å². The third-order valence-electron chi connectivity index (χ3n) is 5.67. The Kier molecular flexibility index (Phi) is 7.43. The molecule has 0 bridgehead atoms. The van der Waals surface area contributed by atoms with Crippen LogP contribution in [0.3, 0.4) is 0 Å². The topological polar surface area (TPSA) is 90.7 Å². The lowest BCUT2D eigenvalue weighted by atomic mass is 9.97. The lowest BCUT2D eigenvalue weighted by molar-refractivity contribution is -0.385. The molecule has 0 saturated heterocycles. The number of nitro benzene ring substituents is 1. The number of benzene rings is 4. The largest absolute Gasteiger partial charge is 0.497 e. The molecule has 0 atom stereocenters. The molecule has 4 aromatic carbocycles. The fraction of sp³-hybridized carbons (Fsp3) is 0.107. The van der Waals surface area contributed by atoms with Crippen LogP contribution in [-0.4, -0.2) is 17.8 Å². The van der Waals surface area contributed by atoms with Crippen LogP contribution in [0.15, 0.2) is 78.9 Å². The molecular weight excluding hydrogens is 482 g/mol. The van der Waals surface area contributed by atoms with Gasteiger partial charge >= 0.3 is 0 Å². The van der Waals surface area contributed by atoms with Crippen molar-refractivity contribution in [1.29, 1.82) is 0 Å². The number of aryl methyl sites for hydroxylation is 1. The Bertz CT molecular complexity index is 1470. The number of halogens is 2. The lowest BCUT2D eigenvalue weighted by Gasteiger charge is -2.12. The number of carbonyl (C=O) groups is 1. The molecule has 0 fully saturated rings. The zero-order chi connectivity index (χ0) is 26.5. The number of nitrogens with zero attached hydrogens (tertiary/aromatic N) is 1. The first-order valence-electron chi connectivity index (χ1n) is 11.2. The fourth-order valence-electron chi connectivity index (χ4n) is 3.67. The van der Waals surface area contributed by atoms with Crippen molar-refractivity contribution in [3.8, 4) is 11.5 Å². The van der Waals surface area contributed by atoms with E-state index in [2.05, 4.69) is 5.32 Å². The van der Waals surface area contributed by atoms with Crippen molar-refractivity contribution >= 4 is 22.8 Å². The van der Waals surface area contributed by atoms with Gasteiger partial charge in [-0.25, -0.2) is 8.78 Å². The number of anilines is 2. The van der Waals surface area contributed by atoms with Crippen LogP contribution in [0.2, 0.25) is 0 Å². The summed E-state index contributed by atoms with van der Waals surface area (Å²) >= 11 is 0. The molecule has 4 rings (SSSR count). The van der Waals surface area contributed by atoms with E-state index < -0.39 is 28.0 Å². The van der Waals surface area contributed by atoms with Crippen molar-refractivity contribution < 1.29 is 28.0 Å². The first-order chi connectivity index (χ1) is 17.7. The third-order valence-corrected chi connectivity index (χ3v) is 5.67. The molecule has 0 aromatic heterocycles. The Morgan fingerprint density at radius 3 is 2.32 bits per heavy atom. The molecule has 4 aromatic rings. The predicted molar refractivity (Wildman–Crippen MR) is 135 cm³/mol. The number of ketones is 1. The van der Waals surface area contributed by atoms with Gasteiger partial charge in [0, 0.05) is 23.4 Å². The van der Waals surface area contributed by atoms with Gasteiger partial charge in [0.2, 0.25) is 0 Å². The maximum atomic E-state index is 14.0. The Morgan fingerprint density at radius 2 is 1.65 bits per heavy atom. The van der Waals surface area contributed by atoms with E-state index in [-0.39, 0.29) is 29.1 Å². The van der Waals surface area contributed by atoms with Crippen LogP contribution < -0.4 is 14.8 Å². The summed E-state index contributed by atoms with van der Waals surface area (Å²) in [6.07, 6.45) is 0. The van der Waals surface area contributed by atoms with E-state index in [0.29, 0.717) is 17.4 Å². The predicted octanol–water partition coefficient (Wildman–Crippen LogP) is 6.74. The summed E-state index contributed by atoms with van der Waals surface area (Å²) in [7, 11) is 1.58. The number of hydrogen-bond donors (Lipinski definition) is 1. The molecule has 0 spiro atoms. The van der Waals surface area contributed by atoms with Crippen molar-refractivity contribution in [2.75, 3.05) is 12.4 Å². The number of methoxy groups -OCH3 is 1. The molecule has 0 aliphatic carbocycles. The number of rotatable bonds is 9. The van der Waals surface area contributed by atoms with Gasteiger partial charge in [0.05, 0.1) is 17.7 Å². The first-order valence-corrected chi connectivity index (χ1v) is 11.2. The minimum Gasteiger partial charge on any atom is -0.497 e. The van der Waals surface area contributed by atoms with E-state index in [0.717, 1.165) is 23.4 Å². The Hall–Kier alpha value is -4.79. The highest BCUT2D eigenvalue weighted by Gasteiger charge is 2.24. The van der Waals surface area contributed by atoms with Gasteiger partial charge in [0.1, 0.15) is 35.3 Å². The second kappa shape index (κ2) is 10.9. The molecule has 188 valence electrons. The minimum absolute atomic E-state index is 0.0627. The summed E-state index contributed by atoms with van der Waals surface area (Å²) in [6.45, 7) is 1.97. The average Bonchev–Trinajstić information content (AvgIpc) is 2.89. The molecule has 0 radical (unpaired) electrons. The van der Waals surface area contributed by atoms with E-state index in [9.17, 15) is 23.7 Å². The van der Waals surface area contributed by atoms with Gasteiger partial charge < -0.3 is 14.8 Å². The van der Waals surface area contributed by atoms with E-state index in [1.54, 1.807) is 32.2 Å². The SMILES string of the molecule is COc1ccc(COc2ccc(C)c(C(=O)c3ccc(Nc4ccc(F)cc4F)cc3[N+](=O)[O-])c2)cc1. The molecule has 0 saturated carbocycles. The van der Waals surface area contributed by atoms with Crippen LogP contribution in [0.25, 0.3) is 0 Å². The monoisotopic (exact) mass is 504 g/mol. The van der Waals surface area contributed by atoms with Crippen LogP contribution in [0.1, 0.15) is 27.0 Å². The Morgan fingerprint density at radius 1 is 0.919 bits per heavy atom. The smallest absolute Gasteiger partial charge is 0.282 e. The minimum atomic E-state index is -0.857. The van der Waals surface area contributed by atoms with Gasteiger partial charge in [-0.2, -0.15) is 0 Å². The lowest BCUT2D eigenvalue weighted by Crippen LogP contribution is -2.08. The highest BCUT2D eigenvalue weighted by Crippen LogP contribution is 2.30.